The van der Waals surface area contributed by atoms with E-state index in [1.54, 1.807) is 0 Å². The van der Waals surface area contributed by atoms with Crippen molar-refractivity contribution in [1.82, 2.24) is 24.7 Å². The van der Waals surface area contributed by atoms with Gasteiger partial charge in [-0.3, -0.25) is 19.8 Å². The predicted octanol–water partition coefficient (Wildman–Crippen LogP) is 12.4. The van der Waals surface area contributed by atoms with Gasteiger partial charge in [0, 0.05) is 103 Å². The number of benzene rings is 2. The van der Waals surface area contributed by atoms with Crippen molar-refractivity contribution in [3.63, 3.8) is 0 Å². The fourth-order valence-corrected chi connectivity index (χ4v) is 13.0. The van der Waals surface area contributed by atoms with E-state index in [1.807, 2.05) is 43.2 Å². The van der Waals surface area contributed by atoms with E-state index in [1.165, 1.54) is 48.1 Å². The Balaban J connectivity index is 0.000000178. The third-order valence-electron chi connectivity index (χ3n) is 15.9. The molecule has 2 saturated carbocycles. The van der Waals surface area contributed by atoms with Crippen molar-refractivity contribution < 1.29 is 31.1 Å². The number of Topliss-reactive ketones (excluding diaryl/α,β-unsaturated/α-hetero) is 1. The van der Waals surface area contributed by atoms with Crippen molar-refractivity contribution in [2.24, 2.45) is 34.6 Å². The molecule has 5 aliphatic rings. The Morgan fingerprint density at radius 2 is 1.35 bits per heavy atom. The maximum atomic E-state index is 14.7. The molecule has 0 spiro atoms. The number of hydrogen-bond donors (Lipinski definition) is 0. The molecule has 0 N–H and O–H groups in total. The number of aryl methyl sites for hydroxylation is 3. The minimum atomic E-state index is -1.54. The zero-order chi connectivity index (χ0) is 50.6. The number of carbonyl (C=O) groups is 1. The van der Waals surface area contributed by atoms with Crippen molar-refractivity contribution in [2.75, 3.05) is 48.1 Å². The maximum Gasteiger partial charge on any atom is 0.194 e. The number of anilines is 2. The number of hydrogen-bond acceptors (Lipinski definition) is 9. The molecule has 0 radical (unpaired) electrons. The normalized spacial score (nSPS) is 24.1. The molecule has 8 atom stereocenters. The SMILES string of the molecule is CSC(CC(=O)C(CCCCCl)c1ccc(F)c(F)c1F)=NC1[C@@H]2CC[C@H]1CN(c1ccnc(C)c1)C2.Cc1cc(N2C[C@H]3CC[C@@H](C2)C3Cc2nc3n(n2)CCCCC3c2ccc(F)c(F)c2F)ccn1. The van der Waals surface area contributed by atoms with Crippen LogP contribution in [0.25, 0.3) is 0 Å². The molecule has 10 rings (SSSR count). The number of carbonyl (C=O) groups excluding carboxylic acids is 1. The number of pyridine rings is 2. The largest absolute Gasteiger partial charge is 0.371 e. The highest BCUT2D eigenvalue weighted by molar-refractivity contribution is 8.13. The highest BCUT2D eigenvalue weighted by Crippen LogP contribution is 2.46. The third kappa shape index (κ3) is 11.4. The molecule has 384 valence electrons. The molecule has 3 aromatic heterocycles. The zero-order valence-electron chi connectivity index (χ0n) is 41.2. The fourth-order valence-electron chi connectivity index (χ4n) is 12.3. The molecular formula is C55H63ClF6N8OS. The van der Waals surface area contributed by atoms with Gasteiger partial charge in [0.05, 0.1) is 17.5 Å². The molecule has 4 bridgehead atoms. The number of unbranched alkanes of at least 4 members (excludes halogenated alkanes) is 1. The summed E-state index contributed by atoms with van der Waals surface area (Å²) in [5.74, 6) is -4.90. The lowest BCUT2D eigenvalue weighted by atomic mass is 9.82. The standard InChI is InChI=1S/C28H33ClF3N3OS.C27H30F3N5/c1-17-13-20(10-12-33-17)35-15-18-6-7-19(16-35)28(18)34-25(37-2)14-24(36)21(5-3-4-11-29)22-8-9-23(30)27(32)26(22)31;1-16-12-19(9-10-31-16)34-14-17-5-6-18(15-34)22(17)13-24-32-27-21(4-2-3-11-35(27)33-24)20-7-8-23(28)26(30)25(20)29/h8-10,12-13,18-19,21,28H,3-7,11,14-16H2,1-2H3;7-10,12,17-18,21-22H,2-6,11,13-15H2,1H3/t18-,19+,21?,28?;17-,18+,21?,22?. The number of alkyl halides is 1. The number of rotatable bonds is 14. The summed E-state index contributed by atoms with van der Waals surface area (Å²) in [4.78, 5) is 36.9. The molecular weight excluding hydrogens is 970 g/mol. The number of halogens is 7. The van der Waals surface area contributed by atoms with E-state index in [2.05, 4.69) is 38.0 Å². The van der Waals surface area contributed by atoms with Gasteiger partial charge in [0.25, 0.3) is 0 Å². The van der Waals surface area contributed by atoms with Gasteiger partial charge in [-0.15, -0.1) is 23.4 Å². The van der Waals surface area contributed by atoms with Crippen LogP contribution in [0.4, 0.5) is 37.7 Å². The van der Waals surface area contributed by atoms with E-state index < -0.39 is 46.7 Å². The van der Waals surface area contributed by atoms with Crippen LogP contribution in [-0.4, -0.2) is 79.9 Å². The van der Waals surface area contributed by atoms with Crippen LogP contribution >= 0.6 is 23.4 Å². The van der Waals surface area contributed by atoms with Crippen molar-refractivity contribution in [2.45, 2.75) is 115 Å². The van der Waals surface area contributed by atoms with Gasteiger partial charge in [0.1, 0.15) is 11.6 Å². The van der Waals surface area contributed by atoms with Crippen LogP contribution in [-0.2, 0) is 17.8 Å². The van der Waals surface area contributed by atoms with E-state index in [0.717, 1.165) is 94.2 Å². The number of piperidine rings is 2. The molecule has 2 saturated heterocycles. The van der Waals surface area contributed by atoms with Crippen molar-refractivity contribution in [3.8, 4) is 0 Å². The Morgan fingerprint density at radius 3 is 1.96 bits per heavy atom. The van der Waals surface area contributed by atoms with Gasteiger partial charge in [0.15, 0.2) is 40.7 Å². The van der Waals surface area contributed by atoms with Crippen LogP contribution in [0.2, 0.25) is 0 Å². The number of aromatic nitrogens is 5. The van der Waals surface area contributed by atoms with Crippen molar-refractivity contribution >= 4 is 45.6 Å². The lowest BCUT2D eigenvalue weighted by molar-refractivity contribution is -0.119. The van der Waals surface area contributed by atoms with Crippen LogP contribution in [0.5, 0.6) is 0 Å². The average molecular weight is 1030 g/mol. The second-order valence-electron chi connectivity index (χ2n) is 20.5. The Labute approximate surface area is 427 Å². The second kappa shape index (κ2) is 23.1. The van der Waals surface area contributed by atoms with E-state index in [4.69, 9.17) is 26.7 Å². The number of nitrogens with zero attached hydrogens (tertiary/aromatic N) is 8. The van der Waals surface area contributed by atoms with Crippen molar-refractivity contribution in [1.29, 1.82) is 0 Å². The van der Waals surface area contributed by atoms with Crippen LogP contribution in [0.1, 0.15) is 117 Å². The Hall–Kier alpha value is -4.96. The average Bonchev–Trinajstić information content (AvgIpc) is 3.87. The van der Waals surface area contributed by atoms with Gasteiger partial charge in [-0.2, -0.15) is 5.10 Å². The predicted molar refractivity (Wildman–Crippen MR) is 272 cm³/mol. The molecule has 5 aromatic rings. The first-order valence-electron chi connectivity index (χ1n) is 25.5. The highest BCUT2D eigenvalue weighted by Gasteiger charge is 2.44. The number of aliphatic imine (C=N–C) groups is 1. The topological polar surface area (TPSA) is 92.4 Å². The molecule has 0 amide bonds. The second-order valence-corrected chi connectivity index (χ2v) is 21.7. The molecule has 2 aromatic carbocycles. The summed E-state index contributed by atoms with van der Waals surface area (Å²) in [6.45, 7) is 8.61. The summed E-state index contributed by atoms with van der Waals surface area (Å²) in [5, 5.41) is 5.54. The van der Waals surface area contributed by atoms with Gasteiger partial charge >= 0.3 is 0 Å². The molecule has 3 aliphatic heterocycles. The zero-order valence-corrected chi connectivity index (χ0v) is 42.7. The van der Waals surface area contributed by atoms with Crippen LogP contribution in [0.3, 0.4) is 0 Å². The first kappa shape index (κ1) is 51.9. The van der Waals surface area contributed by atoms with E-state index in [0.29, 0.717) is 72.0 Å². The van der Waals surface area contributed by atoms with Gasteiger partial charge in [-0.1, -0.05) is 25.0 Å². The highest BCUT2D eigenvalue weighted by atomic mass is 35.5. The minimum Gasteiger partial charge on any atom is -0.371 e. The molecule has 6 heterocycles. The Morgan fingerprint density at radius 1 is 0.750 bits per heavy atom. The first-order chi connectivity index (χ1) is 34.8. The van der Waals surface area contributed by atoms with Gasteiger partial charge in [0.2, 0.25) is 0 Å². The lowest BCUT2D eigenvalue weighted by Crippen LogP contribution is -2.44. The summed E-state index contributed by atoms with van der Waals surface area (Å²) >= 11 is 7.23. The molecule has 4 fully saturated rings. The number of fused-ring (bicyclic) bond motifs is 5. The van der Waals surface area contributed by atoms with E-state index >= 15 is 0 Å². The first-order valence-corrected chi connectivity index (χ1v) is 27.3. The van der Waals surface area contributed by atoms with Crippen LogP contribution in [0, 0.1) is 78.3 Å². The molecule has 9 nitrogen and oxygen atoms in total. The molecule has 2 aliphatic carbocycles. The smallest absolute Gasteiger partial charge is 0.194 e. The summed E-state index contributed by atoms with van der Waals surface area (Å²) in [5.41, 5.74) is 4.53. The van der Waals surface area contributed by atoms with Crippen LogP contribution < -0.4 is 9.80 Å². The Kier molecular flexibility index (Phi) is 16.6. The van der Waals surface area contributed by atoms with E-state index in [-0.39, 0.29) is 29.4 Å². The van der Waals surface area contributed by atoms with Crippen LogP contribution in [0.15, 0.2) is 65.9 Å². The fraction of sp³-hybridized carbons (Fsp3) is 0.527. The summed E-state index contributed by atoms with van der Waals surface area (Å²) in [7, 11) is 0. The Bertz CT molecular complexity index is 2730. The molecule has 4 unspecified atom stereocenters. The molecule has 72 heavy (non-hydrogen) atoms. The third-order valence-corrected chi connectivity index (χ3v) is 16.9. The summed E-state index contributed by atoms with van der Waals surface area (Å²) in [6, 6.07) is 13.0. The number of ketones is 1. The molecule has 17 heteroatoms. The van der Waals surface area contributed by atoms with Gasteiger partial charge in [-0.05, 0) is 137 Å². The van der Waals surface area contributed by atoms with Gasteiger partial charge < -0.3 is 9.80 Å². The summed E-state index contributed by atoms with van der Waals surface area (Å²) in [6.07, 6.45) is 15.1. The minimum absolute atomic E-state index is 0.0499. The van der Waals surface area contributed by atoms with Gasteiger partial charge in [-0.25, -0.2) is 36.0 Å². The monoisotopic (exact) mass is 1030 g/mol. The number of thioether (sulfide) groups is 1. The maximum absolute atomic E-state index is 14.7. The van der Waals surface area contributed by atoms with Crippen molar-refractivity contribution in [3.05, 3.63) is 130 Å². The quantitative estimate of drug-likeness (QED) is 0.0271. The lowest BCUT2D eigenvalue weighted by Gasteiger charge is -2.39. The summed E-state index contributed by atoms with van der Waals surface area (Å²) < 4.78 is 86.3. The van der Waals surface area contributed by atoms with E-state index in [9.17, 15) is 31.1 Å².